The third-order valence-electron chi connectivity index (χ3n) is 7.63. The molecule has 2 saturated heterocycles. The molecule has 8 nitrogen and oxygen atoms in total. The van der Waals surface area contributed by atoms with Gasteiger partial charge in [-0.05, 0) is 61.7 Å². The molecule has 0 radical (unpaired) electrons. The number of rotatable bonds is 9. The largest absolute Gasteiger partial charge is 0.497 e. The first-order valence-corrected chi connectivity index (χ1v) is 12.5. The maximum absolute atomic E-state index is 13.6. The van der Waals surface area contributed by atoms with E-state index in [4.69, 9.17) is 18.9 Å². The number of nitrogens with zero attached hydrogens (tertiary/aromatic N) is 3. The number of carbonyl (C=O) groups excluding carboxylic acids is 1. The topological polar surface area (TPSA) is 63.7 Å². The molecule has 3 aliphatic rings. The SMILES string of the molecule is COC1=CC(OC)C=CC(CCN2CN(C)C3(CCN(Cc4cc(OC)cc(OC)c4)CC3)C2=O)=C1. The summed E-state index contributed by atoms with van der Waals surface area (Å²) in [6, 6.07) is 5.99. The van der Waals surface area contributed by atoms with Gasteiger partial charge in [0.25, 0.3) is 0 Å². The van der Waals surface area contributed by atoms with Crippen molar-refractivity contribution in [1.29, 1.82) is 0 Å². The summed E-state index contributed by atoms with van der Waals surface area (Å²) in [5.41, 5.74) is 1.87. The van der Waals surface area contributed by atoms with E-state index in [1.165, 1.54) is 0 Å². The van der Waals surface area contributed by atoms with E-state index in [0.717, 1.165) is 67.3 Å². The van der Waals surface area contributed by atoms with Crippen molar-refractivity contribution in [2.24, 2.45) is 0 Å². The van der Waals surface area contributed by atoms with Crippen LogP contribution in [0.2, 0.25) is 0 Å². The number of piperidine rings is 1. The molecular formula is C28H39N3O5. The number of allylic oxidation sites excluding steroid dienone is 2. The quantitative estimate of drug-likeness (QED) is 0.519. The van der Waals surface area contributed by atoms with Gasteiger partial charge in [0.15, 0.2) is 0 Å². The van der Waals surface area contributed by atoms with Crippen molar-refractivity contribution in [3.63, 3.8) is 0 Å². The zero-order valence-electron chi connectivity index (χ0n) is 22.2. The van der Waals surface area contributed by atoms with Crippen LogP contribution in [0.1, 0.15) is 24.8 Å². The lowest BCUT2D eigenvalue weighted by molar-refractivity contribution is -0.135. The van der Waals surface area contributed by atoms with E-state index in [9.17, 15) is 4.79 Å². The molecule has 1 aromatic carbocycles. The summed E-state index contributed by atoms with van der Waals surface area (Å²) in [6.07, 6.45) is 10.4. The van der Waals surface area contributed by atoms with Crippen molar-refractivity contribution >= 4 is 5.91 Å². The second-order valence-corrected chi connectivity index (χ2v) is 9.74. The normalized spacial score (nSPS) is 22.4. The summed E-state index contributed by atoms with van der Waals surface area (Å²) in [4.78, 5) is 20.3. The van der Waals surface area contributed by atoms with Crippen molar-refractivity contribution in [3.05, 3.63) is 59.4 Å². The number of hydrogen-bond donors (Lipinski definition) is 0. The molecule has 196 valence electrons. The van der Waals surface area contributed by atoms with E-state index in [2.05, 4.69) is 35.1 Å². The number of amides is 1. The fraction of sp³-hybridized carbons (Fsp3) is 0.536. The highest BCUT2D eigenvalue weighted by Crippen LogP contribution is 2.36. The van der Waals surface area contributed by atoms with Crippen LogP contribution in [0.5, 0.6) is 11.5 Å². The molecule has 4 rings (SSSR count). The van der Waals surface area contributed by atoms with E-state index in [-0.39, 0.29) is 12.0 Å². The van der Waals surface area contributed by atoms with Gasteiger partial charge in [-0.25, -0.2) is 0 Å². The Kier molecular flexibility index (Phi) is 8.39. The van der Waals surface area contributed by atoms with Gasteiger partial charge in [-0.3, -0.25) is 14.6 Å². The Bertz CT molecular complexity index is 1000. The number of benzene rings is 1. The first-order valence-electron chi connectivity index (χ1n) is 12.5. The average Bonchev–Trinajstić information content (AvgIpc) is 3.04. The molecule has 0 aromatic heterocycles. The third-order valence-corrected chi connectivity index (χ3v) is 7.63. The first kappa shape index (κ1) is 26.3. The fourth-order valence-corrected chi connectivity index (χ4v) is 5.39. The molecule has 1 atom stereocenters. The average molecular weight is 498 g/mol. The molecule has 1 aromatic rings. The number of likely N-dealkylation sites (tertiary alicyclic amines) is 1. The van der Waals surface area contributed by atoms with Gasteiger partial charge in [-0.2, -0.15) is 0 Å². The van der Waals surface area contributed by atoms with Gasteiger partial charge in [0.2, 0.25) is 5.91 Å². The summed E-state index contributed by atoms with van der Waals surface area (Å²) < 4.78 is 21.7. The van der Waals surface area contributed by atoms with E-state index >= 15 is 0 Å². The third kappa shape index (κ3) is 5.61. The lowest BCUT2D eigenvalue weighted by atomic mass is 9.86. The minimum Gasteiger partial charge on any atom is -0.497 e. The molecule has 0 N–H and O–H groups in total. The maximum atomic E-state index is 13.6. The summed E-state index contributed by atoms with van der Waals surface area (Å²) in [5.74, 6) is 2.62. The summed E-state index contributed by atoms with van der Waals surface area (Å²) in [7, 11) is 8.77. The smallest absolute Gasteiger partial charge is 0.244 e. The van der Waals surface area contributed by atoms with Gasteiger partial charge in [-0.1, -0.05) is 12.2 Å². The van der Waals surface area contributed by atoms with Gasteiger partial charge in [-0.15, -0.1) is 0 Å². The number of likely N-dealkylation sites (N-methyl/N-ethyl adjacent to an activating group) is 1. The van der Waals surface area contributed by atoms with Crippen LogP contribution in [0.25, 0.3) is 0 Å². The van der Waals surface area contributed by atoms with E-state index in [1.54, 1.807) is 28.4 Å². The summed E-state index contributed by atoms with van der Waals surface area (Å²) in [5, 5.41) is 0. The first-order chi connectivity index (χ1) is 17.4. The van der Waals surface area contributed by atoms with Gasteiger partial charge in [0.05, 0.1) is 34.1 Å². The zero-order valence-corrected chi connectivity index (χ0v) is 22.2. The number of methoxy groups -OCH3 is 4. The molecule has 2 fully saturated rings. The Balaban J connectivity index is 1.35. The highest BCUT2D eigenvalue weighted by molar-refractivity contribution is 5.88. The van der Waals surface area contributed by atoms with Crippen LogP contribution in [-0.2, 0) is 20.8 Å². The maximum Gasteiger partial charge on any atom is 0.244 e. The van der Waals surface area contributed by atoms with Crippen LogP contribution in [0, 0.1) is 0 Å². The number of carbonyl (C=O) groups is 1. The standard InChI is InChI=1S/C28H39N3O5/c1-29-20-31(11-8-21-6-7-23(33-2)17-24(14-21)34-3)27(32)28(29)9-12-30(13-10-28)19-22-15-25(35-4)18-26(16-22)36-5/h6-7,14-18,23H,8-13,19-20H2,1-5H3. The Labute approximate surface area is 214 Å². The molecule has 0 saturated carbocycles. The van der Waals surface area contributed by atoms with Crippen molar-refractivity contribution in [1.82, 2.24) is 14.7 Å². The van der Waals surface area contributed by atoms with Crippen LogP contribution in [0.4, 0.5) is 0 Å². The molecule has 2 heterocycles. The van der Waals surface area contributed by atoms with E-state index < -0.39 is 5.54 Å². The fourth-order valence-electron chi connectivity index (χ4n) is 5.39. The van der Waals surface area contributed by atoms with Crippen molar-refractivity contribution in [3.8, 4) is 11.5 Å². The Morgan fingerprint density at radius 2 is 1.69 bits per heavy atom. The van der Waals surface area contributed by atoms with Gasteiger partial charge in [0, 0.05) is 39.4 Å². The second kappa shape index (κ2) is 11.5. The molecule has 8 heteroatoms. The van der Waals surface area contributed by atoms with Crippen LogP contribution >= 0.6 is 0 Å². The monoisotopic (exact) mass is 497 g/mol. The number of ether oxygens (including phenoxy) is 4. The van der Waals surface area contributed by atoms with E-state index in [1.807, 2.05) is 29.2 Å². The summed E-state index contributed by atoms with van der Waals surface area (Å²) in [6.45, 7) is 3.90. The molecule has 1 unspecified atom stereocenters. The highest BCUT2D eigenvalue weighted by atomic mass is 16.5. The van der Waals surface area contributed by atoms with Crippen LogP contribution < -0.4 is 9.47 Å². The van der Waals surface area contributed by atoms with Crippen LogP contribution in [0.15, 0.2) is 53.8 Å². The van der Waals surface area contributed by atoms with Crippen molar-refractivity contribution < 1.29 is 23.7 Å². The Morgan fingerprint density at radius 1 is 1.00 bits per heavy atom. The molecule has 36 heavy (non-hydrogen) atoms. The minimum atomic E-state index is -0.408. The zero-order chi connectivity index (χ0) is 25.7. The highest BCUT2D eigenvalue weighted by Gasteiger charge is 2.51. The summed E-state index contributed by atoms with van der Waals surface area (Å²) >= 11 is 0. The molecule has 1 aliphatic carbocycles. The van der Waals surface area contributed by atoms with Gasteiger partial charge >= 0.3 is 0 Å². The van der Waals surface area contributed by atoms with Crippen molar-refractivity contribution in [2.45, 2.75) is 37.5 Å². The second-order valence-electron chi connectivity index (χ2n) is 9.74. The molecule has 1 amide bonds. The molecule has 1 spiro atoms. The predicted molar refractivity (Wildman–Crippen MR) is 139 cm³/mol. The molecule has 2 aliphatic heterocycles. The predicted octanol–water partition coefficient (Wildman–Crippen LogP) is 3.20. The Morgan fingerprint density at radius 3 is 2.31 bits per heavy atom. The Hall–Kier alpha value is -2.81. The molecule has 0 bridgehead atoms. The van der Waals surface area contributed by atoms with Crippen molar-refractivity contribution in [2.75, 3.05) is 61.8 Å². The van der Waals surface area contributed by atoms with Crippen LogP contribution in [0.3, 0.4) is 0 Å². The minimum absolute atomic E-state index is 0.111. The molecular weight excluding hydrogens is 458 g/mol. The van der Waals surface area contributed by atoms with Crippen LogP contribution in [-0.4, -0.2) is 94.0 Å². The number of hydrogen-bond acceptors (Lipinski definition) is 7. The lowest BCUT2D eigenvalue weighted by Gasteiger charge is -2.41. The lowest BCUT2D eigenvalue weighted by Crippen LogP contribution is -2.55. The van der Waals surface area contributed by atoms with Gasteiger partial charge < -0.3 is 23.8 Å². The van der Waals surface area contributed by atoms with E-state index in [0.29, 0.717) is 13.2 Å². The van der Waals surface area contributed by atoms with Gasteiger partial charge in [0.1, 0.15) is 22.8 Å².